The van der Waals surface area contributed by atoms with Gasteiger partial charge in [0.25, 0.3) is 7.82 Å². The van der Waals surface area contributed by atoms with Crippen LogP contribution in [-0.4, -0.2) is 70.0 Å². The minimum absolute atomic E-state index is 0.0352. The number of phosphoric ester groups is 1. The second kappa shape index (κ2) is 49.5. The van der Waals surface area contributed by atoms with Crippen LogP contribution in [0, 0.1) is 0 Å². The van der Waals surface area contributed by atoms with Gasteiger partial charge in [-0.15, -0.1) is 0 Å². The first-order chi connectivity index (χ1) is 32.5. The minimum atomic E-state index is -4.64. The lowest BCUT2D eigenvalue weighted by atomic mass is 10.0. The smallest absolute Gasteiger partial charge is 0.306 e. The summed E-state index contributed by atoms with van der Waals surface area (Å²) in [6.07, 6.45) is 58.1. The molecule has 0 aliphatic heterocycles. The van der Waals surface area contributed by atoms with Crippen molar-refractivity contribution in [2.45, 2.75) is 283 Å². The highest BCUT2D eigenvalue weighted by atomic mass is 31.2. The number of esters is 2. The first kappa shape index (κ1) is 65.5. The lowest BCUT2D eigenvalue weighted by Crippen LogP contribution is -2.37. The quantitative estimate of drug-likeness (QED) is 0.0195. The van der Waals surface area contributed by atoms with Crippen molar-refractivity contribution < 1.29 is 42.1 Å². The molecule has 0 aromatic rings. The van der Waals surface area contributed by atoms with Crippen molar-refractivity contribution in [1.82, 2.24) is 0 Å². The van der Waals surface area contributed by atoms with Gasteiger partial charge in [-0.1, -0.05) is 244 Å². The van der Waals surface area contributed by atoms with E-state index in [-0.39, 0.29) is 32.0 Å². The molecule has 67 heavy (non-hydrogen) atoms. The van der Waals surface area contributed by atoms with E-state index in [1.807, 2.05) is 21.1 Å². The molecule has 0 amide bonds. The molecule has 396 valence electrons. The van der Waals surface area contributed by atoms with Crippen molar-refractivity contribution in [2.24, 2.45) is 0 Å². The molecule has 0 aliphatic carbocycles. The van der Waals surface area contributed by atoms with Crippen LogP contribution in [0.25, 0.3) is 0 Å². The summed E-state index contributed by atoms with van der Waals surface area (Å²) in [5.41, 5.74) is 0. The third-order valence-electron chi connectivity index (χ3n) is 12.7. The number of carbonyl (C=O) groups is 2. The van der Waals surface area contributed by atoms with Crippen LogP contribution in [0.4, 0.5) is 0 Å². The van der Waals surface area contributed by atoms with Crippen LogP contribution >= 0.6 is 7.82 Å². The van der Waals surface area contributed by atoms with Gasteiger partial charge in [-0.2, -0.15) is 0 Å². The van der Waals surface area contributed by atoms with E-state index in [0.717, 1.165) is 44.9 Å². The van der Waals surface area contributed by atoms with E-state index in [1.165, 1.54) is 199 Å². The number of hydrogen-bond donors (Lipinski definition) is 0. The van der Waals surface area contributed by atoms with Crippen molar-refractivity contribution in [3.8, 4) is 0 Å². The summed E-state index contributed by atoms with van der Waals surface area (Å²) >= 11 is 0. The Bertz CT molecular complexity index is 1190. The lowest BCUT2D eigenvalue weighted by molar-refractivity contribution is -0.870. The Labute approximate surface area is 415 Å². The molecule has 0 aromatic carbocycles. The number of phosphoric acid groups is 1. The average Bonchev–Trinajstić information content (AvgIpc) is 3.29. The number of hydrogen-bond acceptors (Lipinski definition) is 8. The average molecular weight is 968 g/mol. The molecule has 9 nitrogen and oxygen atoms in total. The molecule has 0 saturated carbocycles. The van der Waals surface area contributed by atoms with Gasteiger partial charge in [0.15, 0.2) is 6.10 Å². The third kappa shape index (κ3) is 53.7. The van der Waals surface area contributed by atoms with Gasteiger partial charge < -0.3 is 27.9 Å². The molecule has 0 rings (SSSR count). The Kier molecular flexibility index (Phi) is 48.4. The van der Waals surface area contributed by atoms with E-state index in [4.69, 9.17) is 18.5 Å². The maximum absolute atomic E-state index is 12.8. The molecular weight excluding hydrogens is 858 g/mol. The zero-order chi connectivity index (χ0) is 49.2. The fourth-order valence-corrected chi connectivity index (χ4v) is 9.00. The minimum Gasteiger partial charge on any atom is -0.756 e. The Balaban J connectivity index is 4.21. The lowest BCUT2D eigenvalue weighted by Gasteiger charge is -2.28. The van der Waals surface area contributed by atoms with Gasteiger partial charge in [-0.05, 0) is 44.9 Å². The van der Waals surface area contributed by atoms with Crippen molar-refractivity contribution in [3.05, 3.63) is 24.3 Å². The molecule has 2 atom stereocenters. The van der Waals surface area contributed by atoms with Crippen LogP contribution in [0.3, 0.4) is 0 Å². The second-order valence-corrected chi connectivity index (χ2v) is 22.1. The molecule has 10 heteroatoms. The summed E-state index contributed by atoms with van der Waals surface area (Å²) < 4.78 is 34.1. The van der Waals surface area contributed by atoms with E-state index in [0.29, 0.717) is 17.4 Å². The monoisotopic (exact) mass is 968 g/mol. The zero-order valence-corrected chi connectivity index (χ0v) is 45.8. The maximum atomic E-state index is 12.8. The Morgan fingerprint density at radius 1 is 0.448 bits per heavy atom. The van der Waals surface area contributed by atoms with Crippen LogP contribution in [-0.2, 0) is 32.7 Å². The largest absolute Gasteiger partial charge is 0.756 e. The SMILES string of the molecule is CCCCCCCCCCCCCCCC/C=C/CC/C=C/CCCC(=O)O[C@H](COC(=O)CCCCCCCCCCCCCCCCCCCCCC)COP(=O)([O-])OCC[N+](C)(C)C. The standard InChI is InChI=1S/C57H110NO8P/c1-6-8-10-12-14-16-18-20-22-24-26-28-29-30-32-34-36-38-40-42-44-46-48-50-57(60)66-55(54-65-67(61,62)64-52-51-58(3,4)5)53-63-56(59)49-47-45-43-41-39-37-35-33-31-27-25-23-21-19-17-15-13-11-9-7-2/h34,36,42,44,55H,6-33,35,37-41,43,45-54H2,1-5H3/b36-34+,44-42+/t55-/m1/s1. The highest BCUT2D eigenvalue weighted by molar-refractivity contribution is 7.45. The third-order valence-corrected chi connectivity index (χ3v) is 13.7. The fourth-order valence-electron chi connectivity index (χ4n) is 8.27. The van der Waals surface area contributed by atoms with Crippen LogP contribution < -0.4 is 4.89 Å². The first-order valence-electron chi connectivity index (χ1n) is 28.5. The number of likely N-dealkylation sites (N-methyl/N-ethyl adjacent to an activating group) is 1. The maximum Gasteiger partial charge on any atom is 0.306 e. The summed E-state index contributed by atoms with van der Waals surface area (Å²) in [7, 11) is 1.16. The van der Waals surface area contributed by atoms with E-state index in [1.54, 1.807) is 0 Å². The summed E-state index contributed by atoms with van der Waals surface area (Å²) in [4.78, 5) is 37.8. The number of rotatable bonds is 53. The van der Waals surface area contributed by atoms with Crippen molar-refractivity contribution in [3.63, 3.8) is 0 Å². The summed E-state index contributed by atoms with van der Waals surface area (Å²) in [6.45, 7) is 4.25. The van der Waals surface area contributed by atoms with E-state index < -0.39 is 26.5 Å². The van der Waals surface area contributed by atoms with Crippen LogP contribution in [0.1, 0.15) is 277 Å². The number of carbonyl (C=O) groups excluding carboxylic acids is 2. The predicted molar refractivity (Wildman–Crippen MR) is 282 cm³/mol. The van der Waals surface area contributed by atoms with Gasteiger partial charge in [-0.3, -0.25) is 14.2 Å². The molecule has 0 radical (unpaired) electrons. The number of nitrogens with zero attached hydrogens (tertiary/aromatic N) is 1. The van der Waals surface area contributed by atoms with Crippen LogP contribution in [0.2, 0.25) is 0 Å². The Morgan fingerprint density at radius 3 is 1.19 bits per heavy atom. The molecule has 0 aromatic heterocycles. The number of unbranched alkanes of at least 4 members (excludes halogenated alkanes) is 35. The zero-order valence-electron chi connectivity index (χ0n) is 44.9. The number of allylic oxidation sites excluding steroid dienone is 4. The van der Waals surface area contributed by atoms with Crippen LogP contribution in [0.15, 0.2) is 24.3 Å². The summed E-state index contributed by atoms with van der Waals surface area (Å²) in [5, 5.41) is 0. The van der Waals surface area contributed by atoms with E-state index in [2.05, 4.69) is 38.2 Å². The molecule has 0 N–H and O–H groups in total. The fraction of sp³-hybridized carbons (Fsp3) is 0.895. The van der Waals surface area contributed by atoms with E-state index >= 15 is 0 Å². The Morgan fingerprint density at radius 2 is 0.791 bits per heavy atom. The number of quaternary nitrogens is 1. The summed E-state index contributed by atoms with van der Waals surface area (Å²) in [5.74, 6) is -0.868. The van der Waals surface area contributed by atoms with Gasteiger partial charge >= 0.3 is 11.9 Å². The van der Waals surface area contributed by atoms with Gasteiger partial charge in [0, 0.05) is 12.8 Å². The highest BCUT2D eigenvalue weighted by Crippen LogP contribution is 2.38. The van der Waals surface area contributed by atoms with Crippen molar-refractivity contribution in [2.75, 3.05) is 47.5 Å². The van der Waals surface area contributed by atoms with Gasteiger partial charge in [-0.25, -0.2) is 0 Å². The Hall–Kier alpha value is -1.51. The predicted octanol–water partition coefficient (Wildman–Crippen LogP) is 16.8. The van der Waals surface area contributed by atoms with Crippen molar-refractivity contribution >= 4 is 19.8 Å². The molecular formula is C57H110NO8P. The highest BCUT2D eigenvalue weighted by Gasteiger charge is 2.21. The molecule has 0 bridgehead atoms. The summed E-state index contributed by atoms with van der Waals surface area (Å²) in [6, 6.07) is 0. The van der Waals surface area contributed by atoms with Crippen molar-refractivity contribution in [1.29, 1.82) is 0 Å². The number of ether oxygens (including phenoxy) is 2. The molecule has 0 spiro atoms. The van der Waals surface area contributed by atoms with E-state index in [9.17, 15) is 19.0 Å². The molecule has 0 fully saturated rings. The second-order valence-electron chi connectivity index (χ2n) is 20.6. The van der Waals surface area contributed by atoms with Gasteiger partial charge in [0.2, 0.25) is 0 Å². The van der Waals surface area contributed by atoms with Gasteiger partial charge in [0.1, 0.15) is 19.8 Å². The molecule has 0 heterocycles. The molecule has 1 unspecified atom stereocenters. The first-order valence-corrected chi connectivity index (χ1v) is 30.0. The van der Waals surface area contributed by atoms with Crippen LogP contribution in [0.5, 0.6) is 0 Å². The van der Waals surface area contributed by atoms with Gasteiger partial charge in [0.05, 0.1) is 27.7 Å². The molecule has 0 saturated heterocycles. The topological polar surface area (TPSA) is 111 Å². The normalized spacial score (nSPS) is 13.5. The molecule has 0 aliphatic rings.